The first-order valence-corrected chi connectivity index (χ1v) is 6.96. The van der Waals surface area contributed by atoms with Gasteiger partial charge in [0.25, 0.3) is 0 Å². The lowest BCUT2D eigenvalue weighted by molar-refractivity contribution is 1.32. The fourth-order valence-corrected chi connectivity index (χ4v) is 2.36. The predicted molar refractivity (Wildman–Crippen MR) is 84.2 cm³/mol. The van der Waals surface area contributed by atoms with Crippen LogP contribution in [0, 0.1) is 0 Å². The highest BCUT2D eigenvalue weighted by Gasteiger charge is 1.98. The Balaban J connectivity index is 1.90. The Kier molecular flexibility index (Phi) is 3.40. The molecular formula is C15H10BrClN2. The van der Waals surface area contributed by atoms with E-state index < -0.39 is 0 Å². The minimum atomic E-state index is 0.507. The third-order valence-electron chi connectivity index (χ3n) is 2.81. The SMILES string of the molecule is Clc1ccc(C=Cc2cc3ccc(Br)cc3[nH]2)cn1. The molecule has 0 aliphatic carbocycles. The number of aromatic nitrogens is 2. The van der Waals surface area contributed by atoms with Crippen LogP contribution in [0.15, 0.2) is 47.1 Å². The van der Waals surface area contributed by atoms with Crippen molar-refractivity contribution in [2.75, 3.05) is 0 Å². The van der Waals surface area contributed by atoms with Gasteiger partial charge in [-0.05, 0) is 35.9 Å². The van der Waals surface area contributed by atoms with Gasteiger partial charge in [0.1, 0.15) is 5.15 Å². The van der Waals surface area contributed by atoms with Crippen LogP contribution in [0.25, 0.3) is 23.1 Å². The van der Waals surface area contributed by atoms with Gasteiger partial charge < -0.3 is 4.98 Å². The van der Waals surface area contributed by atoms with E-state index in [1.165, 1.54) is 5.39 Å². The Morgan fingerprint density at radius 3 is 2.79 bits per heavy atom. The number of benzene rings is 1. The summed E-state index contributed by atoms with van der Waals surface area (Å²) in [5.74, 6) is 0. The zero-order valence-corrected chi connectivity index (χ0v) is 12.2. The fraction of sp³-hybridized carbons (Fsp3) is 0. The van der Waals surface area contributed by atoms with Crippen molar-refractivity contribution < 1.29 is 0 Å². The first-order valence-electron chi connectivity index (χ1n) is 5.79. The summed E-state index contributed by atoms with van der Waals surface area (Å²) in [7, 11) is 0. The minimum Gasteiger partial charge on any atom is -0.355 e. The summed E-state index contributed by atoms with van der Waals surface area (Å²) in [6, 6.07) is 12.0. The van der Waals surface area contributed by atoms with Gasteiger partial charge in [-0.1, -0.05) is 45.7 Å². The Hall–Kier alpha value is -1.58. The fourth-order valence-electron chi connectivity index (χ4n) is 1.88. The van der Waals surface area contributed by atoms with E-state index in [9.17, 15) is 0 Å². The lowest BCUT2D eigenvalue weighted by atomic mass is 10.2. The molecule has 0 radical (unpaired) electrons. The molecule has 0 bridgehead atoms. The first kappa shape index (κ1) is 12.5. The van der Waals surface area contributed by atoms with E-state index in [0.717, 1.165) is 21.2 Å². The molecule has 2 nitrogen and oxygen atoms in total. The standard InChI is InChI=1S/C15H10BrClN2/c16-12-4-3-11-7-13(19-14(11)8-12)5-1-10-2-6-15(17)18-9-10/h1-9,19H. The Morgan fingerprint density at radius 1 is 1.11 bits per heavy atom. The molecule has 0 amide bonds. The van der Waals surface area contributed by atoms with E-state index in [0.29, 0.717) is 5.15 Å². The number of pyridine rings is 1. The molecule has 0 saturated heterocycles. The summed E-state index contributed by atoms with van der Waals surface area (Å²) < 4.78 is 1.07. The summed E-state index contributed by atoms with van der Waals surface area (Å²) in [6.07, 6.45) is 5.78. The monoisotopic (exact) mass is 332 g/mol. The molecule has 0 aliphatic heterocycles. The second-order valence-corrected chi connectivity index (χ2v) is 5.51. The molecule has 19 heavy (non-hydrogen) atoms. The average Bonchev–Trinajstić information content (AvgIpc) is 2.80. The highest BCUT2D eigenvalue weighted by Crippen LogP contribution is 2.21. The number of rotatable bonds is 2. The van der Waals surface area contributed by atoms with Crippen molar-refractivity contribution in [1.29, 1.82) is 0 Å². The second kappa shape index (κ2) is 5.19. The molecule has 3 aromatic rings. The molecule has 4 heteroatoms. The topological polar surface area (TPSA) is 28.7 Å². The molecular weight excluding hydrogens is 324 g/mol. The lowest BCUT2D eigenvalue weighted by Gasteiger charge is -1.92. The van der Waals surface area contributed by atoms with Gasteiger partial charge in [0.2, 0.25) is 0 Å². The molecule has 0 aliphatic rings. The predicted octanol–water partition coefficient (Wildman–Crippen LogP) is 5.15. The van der Waals surface area contributed by atoms with Crippen LogP contribution in [-0.2, 0) is 0 Å². The minimum absolute atomic E-state index is 0.507. The molecule has 0 atom stereocenters. The van der Waals surface area contributed by atoms with Crippen molar-refractivity contribution in [3.05, 3.63) is 63.5 Å². The van der Waals surface area contributed by atoms with Crippen LogP contribution in [-0.4, -0.2) is 9.97 Å². The molecule has 2 heterocycles. The maximum atomic E-state index is 5.75. The van der Waals surface area contributed by atoms with Crippen LogP contribution >= 0.6 is 27.5 Å². The molecule has 0 saturated carbocycles. The summed E-state index contributed by atoms with van der Waals surface area (Å²) in [4.78, 5) is 7.40. The second-order valence-electron chi connectivity index (χ2n) is 4.20. The van der Waals surface area contributed by atoms with Crippen LogP contribution in [0.5, 0.6) is 0 Å². The third kappa shape index (κ3) is 2.88. The van der Waals surface area contributed by atoms with Crippen LogP contribution in [0.3, 0.4) is 0 Å². The van der Waals surface area contributed by atoms with Crippen molar-refractivity contribution in [2.24, 2.45) is 0 Å². The normalized spacial score (nSPS) is 11.5. The summed E-state index contributed by atoms with van der Waals surface area (Å²) in [5, 5.41) is 1.70. The maximum absolute atomic E-state index is 5.75. The Bertz CT molecular complexity index is 744. The van der Waals surface area contributed by atoms with Crippen molar-refractivity contribution in [3.63, 3.8) is 0 Å². The molecule has 2 aromatic heterocycles. The molecule has 94 valence electrons. The van der Waals surface area contributed by atoms with E-state index in [-0.39, 0.29) is 0 Å². The van der Waals surface area contributed by atoms with Gasteiger partial charge in [-0.2, -0.15) is 0 Å². The number of H-pyrrole nitrogens is 1. The van der Waals surface area contributed by atoms with Gasteiger partial charge in [0.15, 0.2) is 0 Å². The molecule has 0 unspecified atom stereocenters. The quantitative estimate of drug-likeness (QED) is 0.646. The number of halogens is 2. The van der Waals surface area contributed by atoms with E-state index in [1.54, 1.807) is 12.3 Å². The largest absolute Gasteiger partial charge is 0.355 e. The van der Waals surface area contributed by atoms with Crippen molar-refractivity contribution >= 4 is 50.6 Å². The van der Waals surface area contributed by atoms with Crippen molar-refractivity contribution in [2.45, 2.75) is 0 Å². The Morgan fingerprint density at radius 2 is 2.00 bits per heavy atom. The Labute approximate surface area is 124 Å². The van der Waals surface area contributed by atoms with Crippen LogP contribution < -0.4 is 0 Å². The third-order valence-corrected chi connectivity index (χ3v) is 3.53. The van der Waals surface area contributed by atoms with E-state index >= 15 is 0 Å². The van der Waals surface area contributed by atoms with Gasteiger partial charge in [0.05, 0.1) is 0 Å². The molecule has 3 rings (SSSR count). The zero-order valence-electron chi connectivity index (χ0n) is 9.90. The van der Waals surface area contributed by atoms with Crippen LogP contribution in [0.2, 0.25) is 5.15 Å². The maximum Gasteiger partial charge on any atom is 0.129 e. The summed E-state index contributed by atoms with van der Waals surface area (Å²) in [6.45, 7) is 0. The van der Waals surface area contributed by atoms with Crippen LogP contribution in [0.1, 0.15) is 11.3 Å². The number of nitrogens with zero attached hydrogens (tertiary/aromatic N) is 1. The number of nitrogens with one attached hydrogen (secondary N) is 1. The molecule has 0 spiro atoms. The molecule has 1 N–H and O–H groups in total. The highest BCUT2D eigenvalue weighted by atomic mass is 79.9. The number of hydrogen-bond acceptors (Lipinski definition) is 1. The molecule has 1 aromatic carbocycles. The number of hydrogen-bond donors (Lipinski definition) is 1. The number of aromatic amines is 1. The van der Waals surface area contributed by atoms with Gasteiger partial charge in [-0.25, -0.2) is 4.98 Å². The van der Waals surface area contributed by atoms with E-state index in [2.05, 4.69) is 44.1 Å². The smallest absolute Gasteiger partial charge is 0.129 e. The van der Waals surface area contributed by atoms with Crippen molar-refractivity contribution in [3.8, 4) is 0 Å². The van der Waals surface area contributed by atoms with Crippen molar-refractivity contribution in [1.82, 2.24) is 9.97 Å². The van der Waals surface area contributed by atoms with E-state index in [4.69, 9.17) is 11.6 Å². The highest BCUT2D eigenvalue weighted by molar-refractivity contribution is 9.10. The van der Waals surface area contributed by atoms with E-state index in [1.807, 2.05) is 24.3 Å². The summed E-state index contributed by atoms with van der Waals surface area (Å²) in [5.41, 5.74) is 3.19. The number of fused-ring (bicyclic) bond motifs is 1. The average molecular weight is 334 g/mol. The van der Waals surface area contributed by atoms with Gasteiger partial charge >= 0.3 is 0 Å². The zero-order chi connectivity index (χ0) is 13.2. The van der Waals surface area contributed by atoms with Gasteiger partial charge in [0, 0.05) is 27.3 Å². The first-order chi connectivity index (χ1) is 9.20. The van der Waals surface area contributed by atoms with Gasteiger partial charge in [-0.3, -0.25) is 0 Å². The summed E-state index contributed by atoms with van der Waals surface area (Å²) >= 11 is 9.22. The van der Waals surface area contributed by atoms with Crippen LogP contribution in [0.4, 0.5) is 0 Å². The van der Waals surface area contributed by atoms with Gasteiger partial charge in [-0.15, -0.1) is 0 Å². The molecule has 0 fully saturated rings. The lowest BCUT2D eigenvalue weighted by Crippen LogP contribution is -1.76.